The topological polar surface area (TPSA) is 42.7 Å². The van der Waals surface area contributed by atoms with Crippen molar-refractivity contribution in [1.82, 2.24) is 4.90 Å². The summed E-state index contributed by atoms with van der Waals surface area (Å²) in [6, 6.07) is 3.35. The first-order valence-corrected chi connectivity index (χ1v) is 4.18. The number of carbonyl (C=O) groups excluding carboxylic acids is 1. The maximum atomic E-state index is 11.7. The quantitative estimate of drug-likeness (QED) is 0.631. The lowest BCUT2D eigenvalue weighted by molar-refractivity contribution is 0.0338. The van der Waals surface area contributed by atoms with Gasteiger partial charge in [-0.05, 0) is 19.2 Å². The van der Waals surface area contributed by atoms with Gasteiger partial charge in [0.1, 0.15) is 0 Å². The number of ketones is 1. The van der Waals surface area contributed by atoms with Gasteiger partial charge in [-0.3, -0.25) is 9.69 Å². The molecule has 4 nitrogen and oxygen atoms in total. The van der Waals surface area contributed by atoms with Gasteiger partial charge in [0.2, 0.25) is 5.78 Å². The van der Waals surface area contributed by atoms with E-state index in [1.165, 1.54) is 6.26 Å². The van der Waals surface area contributed by atoms with E-state index < -0.39 is 6.23 Å². The van der Waals surface area contributed by atoms with E-state index in [1.807, 2.05) is 11.9 Å². The summed E-state index contributed by atoms with van der Waals surface area (Å²) >= 11 is 0. The fourth-order valence-electron chi connectivity index (χ4n) is 1.37. The third kappa shape index (κ3) is 1.50. The van der Waals surface area contributed by atoms with Crippen LogP contribution < -0.4 is 0 Å². The van der Waals surface area contributed by atoms with E-state index in [2.05, 4.69) is 0 Å². The van der Waals surface area contributed by atoms with E-state index >= 15 is 0 Å². The Hall–Kier alpha value is -1.13. The Morgan fingerprint density at radius 3 is 3.08 bits per heavy atom. The lowest BCUT2D eigenvalue weighted by Gasteiger charge is -2.14. The molecule has 70 valence electrons. The molecule has 1 saturated heterocycles. The fraction of sp³-hybridized carbons (Fsp3) is 0.444. The number of Topliss-reactive ketones (excluding diaryl/α,β-unsaturated/α-hetero) is 1. The number of ether oxygens (including phenoxy) is 1. The van der Waals surface area contributed by atoms with Crippen molar-refractivity contribution in [3.05, 3.63) is 24.2 Å². The van der Waals surface area contributed by atoms with Crippen molar-refractivity contribution in [2.75, 3.05) is 20.2 Å². The fourth-order valence-corrected chi connectivity index (χ4v) is 1.37. The van der Waals surface area contributed by atoms with Crippen LogP contribution in [0.1, 0.15) is 10.6 Å². The van der Waals surface area contributed by atoms with E-state index in [4.69, 9.17) is 9.15 Å². The zero-order chi connectivity index (χ0) is 9.26. The maximum absolute atomic E-state index is 11.7. The molecule has 0 bridgehead atoms. The van der Waals surface area contributed by atoms with Gasteiger partial charge in [-0.15, -0.1) is 0 Å². The van der Waals surface area contributed by atoms with Crippen LogP contribution in [0.3, 0.4) is 0 Å². The highest BCUT2D eigenvalue weighted by atomic mass is 16.5. The number of furan rings is 1. The number of hydrogen-bond acceptors (Lipinski definition) is 4. The van der Waals surface area contributed by atoms with Crippen molar-refractivity contribution in [1.29, 1.82) is 0 Å². The van der Waals surface area contributed by atoms with Crippen LogP contribution in [-0.2, 0) is 4.74 Å². The van der Waals surface area contributed by atoms with E-state index in [9.17, 15) is 4.79 Å². The molecule has 1 aliphatic rings. The van der Waals surface area contributed by atoms with Crippen LogP contribution >= 0.6 is 0 Å². The standard InChI is InChI=1S/C9H11NO3/c1-10-4-6-13-9(10)8(11)7-3-2-5-12-7/h2-3,5,9H,4,6H2,1H3. The number of rotatable bonds is 2. The summed E-state index contributed by atoms with van der Waals surface area (Å²) in [6.07, 6.45) is 1.02. The molecular weight excluding hydrogens is 170 g/mol. The average molecular weight is 181 g/mol. The summed E-state index contributed by atoms with van der Waals surface area (Å²) < 4.78 is 10.3. The Balaban J connectivity index is 2.13. The normalized spacial score (nSPS) is 23.6. The van der Waals surface area contributed by atoms with Crippen molar-refractivity contribution in [3.8, 4) is 0 Å². The van der Waals surface area contributed by atoms with Crippen LogP contribution in [0.25, 0.3) is 0 Å². The monoisotopic (exact) mass is 181 g/mol. The Morgan fingerprint density at radius 1 is 1.69 bits per heavy atom. The SMILES string of the molecule is CN1CCOC1C(=O)c1ccco1. The molecular formula is C9H11NO3. The molecule has 0 aromatic carbocycles. The summed E-state index contributed by atoms with van der Waals surface area (Å²) in [5, 5.41) is 0. The van der Waals surface area contributed by atoms with Crippen LogP contribution in [0.2, 0.25) is 0 Å². The van der Waals surface area contributed by atoms with Crippen molar-refractivity contribution in [2.45, 2.75) is 6.23 Å². The zero-order valence-electron chi connectivity index (χ0n) is 7.40. The van der Waals surface area contributed by atoms with Gasteiger partial charge in [-0.25, -0.2) is 0 Å². The summed E-state index contributed by atoms with van der Waals surface area (Å²) in [7, 11) is 1.86. The Bertz CT molecular complexity index is 294. The van der Waals surface area contributed by atoms with Gasteiger partial charge in [0.15, 0.2) is 12.0 Å². The molecule has 0 saturated carbocycles. The predicted molar refractivity (Wildman–Crippen MR) is 45.4 cm³/mol. The van der Waals surface area contributed by atoms with E-state index in [1.54, 1.807) is 12.1 Å². The predicted octanol–water partition coefficient (Wildman–Crippen LogP) is 0.750. The van der Waals surface area contributed by atoms with Crippen molar-refractivity contribution < 1.29 is 13.9 Å². The summed E-state index contributed by atoms with van der Waals surface area (Å²) in [6.45, 7) is 1.39. The third-order valence-electron chi connectivity index (χ3n) is 2.11. The second-order valence-electron chi connectivity index (χ2n) is 3.05. The zero-order valence-corrected chi connectivity index (χ0v) is 7.40. The highest BCUT2D eigenvalue weighted by molar-refractivity contribution is 5.96. The molecule has 2 heterocycles. The molecule has 4 heteroatoms. The summed E-state index contributed by atoms with van der Waals surface area (Å²) in [5.74, 6) is 0.253. The third-order valence-corrected chi connectivity index (χ3v) is 2.11. The van der Waals surface area contributed by atoms with Crippen LogP contribution in [0.5, 0.6) is 0 Å². The van der Waals surface area contributed by atoms with Gasteiger partial charge in [-0.1, -0.05) is 0 Å². The number of hydrogen-bond donors (Lipinski definition) is 0. The Kier molecular flexibility index (Phi) is 2.16. The first kappa shape index (κ1) is 8.47. The lowest BCUT2D eigenvalue weighted by atomic mass is 10.2. The number of nitrogens with zero attached hydrogens (tertiary/aromatic N) is 1. The molecule has 2 rings (SSSR count). The van der Waals surface area contributed by atoms with Gasteiger partial charge in [-0.2, -0.15) is 0 Å². The molecule has 1 aromatic heterocycles. The second-order valence-corrected chi connectivity index (χ2v) is 3.05. The van der Waals surface area contributed by atoms with Gasteiger partial charge in [0.05, 0.1) is 12.9 Å². The Labute approximate surface area is 76.1 Å². The van der Waals surface area contributed by atoms with Gasteiger partial charge in [0.25, 0.3) is 0 Å². The van der Waals surface area contributed by atoms with Gasteiger partial charge < -0.3 is 9.15 Å². The largest absolute Gasteiger partial charge is 0.461 e. The van der Waals surface area contributed by atoms with Crippen molar-refractivity contribution >= 4 is 5.78 Å². The molecule has 1 fully saturated rings. The molecule has 1 atom stereocenters. The molecule has 0 amide bonds. The van der Waals surface area contributed by atoms with Crippen LogP contribution in [0.4, 0.5) is 0 Å². The molecule has 13 heavy (non-hydrogen) atoms. The van der Waals surface area contributed by atoms with Crippen LogP contribution in [0.15, 0.2) is 22.8 Å². The van der Waals surface area contributed by atoms with Crippen LogP contribution in [-0.4, -0.2) is 37.1 Å². The molecule has 0 N–H and O–H groups in total. The molecule has 0 aliphatic carbocycles. The lowest BCUT2D eigenvalue weighted by Crippen LogP contribution is -2.33. The van der Waals surface area contributed by atoms with Gasteiger partial charge >= 0.3 is 0 Å². The molecule has 0 spiro atoms. The maximum Gasteiger partial charge on any atom is 0.241 e. The number of likely N-dealkylation sites (N-methyl/N-ethyl adjacent to an activating group) is 1. The second kappa shape index (κ2) is 3.32. The minimum atomic E-state index is -0.467. The first-order chi connectivity index (χ1) is 6.29. The van der Waals surface area contributed by atoms with Crippen LogP contribution in [0, 0.1) is 0 Å². The smallest absolute Gasteiger partial charge is 0.241 e. The highest BCUT2D eigenvalue weighted by Gasteiger charge is 2.30. The molecule has 1 unspecified atom stereocenters. The van der Waals surface area contributed by atoms with E-state index in [0.717, 1.165) is 6.54 Å². The summed E-state index contributed by atoms with van der Waals surface area (Å²) in [4.78, 5) is 13.5. The minimum absolute atomic E-state index is 0.106. The van der Waals surface area contributed by atoms with E-state index in [-0.39, 0.29) is 5.78 Å². The molecule has 1 aliphatic heterocycles. The molecule has 1 aromatic rings. The van der Waals surface area contributed by atoms with Crippen molar-refractivity contribution in [3.63, 3.8) is 0 Å². The first-order valence-electron chi connectivity index (χ1n) is 4.18. The van der Waals surface area contributed by atoms with E-state index in [0.29, 0.717) is 12.4 Å². The average Bonchev–Trinajstić information content (AvgIpc) is 2.72. The summed E-state index contributed by atoms with van der Waals surface area (Å²) in [5.41, 5.74) is 0. The minimum Gasteiger partial charge on any atom is -0.461 e. The highest BCUT2D eigenvalue weighted by Crippen LogP contribution is 2.13. The molecule has 0 radical (unpaired) electrons. The van der Waals surface area contributed by atoms with Crippen molar-refractivity contribution in [2.24, 2.45) is 0 Å². The Morgan fingerprint density at radius 2 is 2.54 bits per heavy atom. The number of carbonyl (C=O) groups is 1. The van der Waals surface area contributed by atoms with Gasteiger partial charge in [0, 0.05) is 6.54 Å².